The maximum Gasteiger partial charge on any atom is 0.212 e. The summed E-state index contributed by atoms with van der Waals surface area (Å²) in [5.74, 6) is -0.0689. The summed E-state index contributed by atoms with van der Waals surface area (Å²) < 4.78 is 97.6. The molecule has 0 N–H and O–H groups in total. The fourth-order valence-electron chi connectivity index (χ4n) is 10.9. The predicted molar refractivity (Wildman–Crippen MR) is 371 cm³/mol. The number of pyridine rings is 4. The highest BCUT2D eigenvalue weighted by Gasteiger charge is 2.26. The number of aryl methyl sites for hydroxylation is 12. The fraction of sp³-hybridized carbons (Fsp3) is 0.463. The lowest BCUT2D eigenvalue weighted by atomic mass is 9.81. The molecule has 4 nitrogen and oxygen atoms in total. The third-order valence-electron chi connectivity index (χ3n) is 15.0. The van der Waals surface area contributed by atoms with Crippen molar-refractivity contribution in [2.45, 2.75) is 203 Å². The van der Waals surface area contributed by atoms with E-state index in [0.717, 1.165) is 46.4 Å². The Morgan fingerprint density at radius 1 is 0.360 bits per heavy atom. The van der Waals surface area contributed by atoms with Crippen LogP contribution in [0.2, 0.25) is 0 Å². The van der Waals surface area contributed by atoms with Crippen molar-refractivity contribution in [2.75, 3.05) is 0 Å². The molecule has 4 heterocycles. The van der Waals surface area contributed by atoms with E-state index in [9.17, 15) is 0 Å². The molecule has 0 saturated heterocycles. The normalized spacial score (nSPS) is 14.5. The topological polar surface area (TPSA) is 15.5 Å². The quantitative estimate of drug-likeness (QED) is 0.121. The van der Waals surface area contributed by atoms with Crippen molar-refractivity contribution >= 4 is 0 Å². The minimum Gasteiger partial charge on any atom is -0.201 e. The second-order valence-electron chi connectivity index (χ2n) is 29.4. The predicted octanol–water partition coefficient (Wildman–Crippen LogP) is 19.8. The Balaban J connectivity index is 0.000000238. The molecule has 0 atom stereocenters. The molecule has 0 fully saturated rings. The van der Waals surface area contributed by atoms with Gasteiger partial charge in [-0.3, -0.25) is 0 Å². The van der Waals surface area contributed by atoms with Crippen LogP contribution in [0.15, 0.2) is 134 Å². The molecule has 0 bridgehead atoms. The van der Waals surface area contributed by atoms with Gasteiger partial charge in [0.15, 0.2) is 24.8 Å². The summed E-state index contributed by atoms with van der Waals surface area (Å²) in [6.45, 7) is 41.2. The van der Waals surface area contributed by atoms with Crippen molar-refractivity contribution in [3.63, 3.8) is 0 Å². The summed E-state index contributed by atoms with van der Waals surface area (Å²) >= 11 is 0. The molecule has 4 aromatic heterocycles. The fourth-order valence-corrected chi connectivity index (χ4v) is 10.9. The molecule has 460 valence electrons. The van der Waals surface area contributed by atoms with Crippen LogP contribution in [0.3, 0.4) is 0 Å². The average Bonchev–Trinajstić information content (AvgIpc) is 0.737. The Hall–Kier alpha value is -6.52. The Bertz CT molecular complexity index is 4020. The summed E-state index contributed by atoms with van der Waals surface area (Å²) in [4.78, 5) is 0. The highest BCUT2D eigenvalue weighted by molar-refractivity contribution is 5.65. The summed E-state index contributed by atoms with van der Waals surface area (Å²) in [6, 6.07) is 36.2. The Labute approximate surface area is 541 Å². The first kappa shape index (κ1) is 54.8. The van der Waals surface area contributed by atoms with Crippen LogP contribution in [-0.2, 0) is 53.8 Å². The Morgan fingerprint density at radius 2 is 0.686 bits per heavy atom. The zero-order chi connectivity index (χ0) is 74.1. The summed E-state index contributed by atoms with van der Waals surface area (Å²) in [5.41, 5.74) is 21.4. The summed E-state index contributed by atoms with van der Waals surface area (Å²) in [7, 11) is 8.06. The maximum atomic E-state index is 8.96. The number of hydrogen-bond acceptors (Lipinski definition) is 0. The van der Waals surface area contributed by atoms with Crippen LogP contribution < -0.4 is 18.3 Å². The van der Waals surface area contributed by atoms with Crippen LogP contribution in [0.1, 0.15) is 216 Å². The van der Waals surface area contributed by atoms with E-state index in [0.29, 0.717) is 33.7 Å². The highest BCUT2D eigenvalue weighted by atomic mass is 14.9. The molecule has 0 unspecified atom stereocenters. The van der Waals surface area contributed by atoms with Crippen molar-refractivity contribution in [1.82, 2.24) is 0 Å². The number of benzene rings is 4. The third kappa shape index (κ3) is 20.8. The molecule has 8 rings (SSSR count). The van der Waals surface area contributed by atoms with E-state index in [-0.39, 0.29) is 11.0 Å². The van der Waals surface area contributed by atoms with Crippen molar-refractivity contribution in [1.29, 1.82) is 0 Å². The van der Waals surface area contributed by atoms with Crippen molar-refractivity contribution < 1.29 is 33.3 Å². The number of aromatic nitrogens is 4. The second-order valence-corrected chi connectivity index (χ2v) is 29.4. The van der Waals surface area contributed by atoms with Gasteiger partial charge in [0.2, 0.25) is 22.8 Å². The van der Waals surface area contributed by atoms with Gasteiger partial charge >= 0.3 is 0 Å². The van der Waals surface area contributed by atoms with Gasteiger partial charge in [0.1, 0.15) is 28.2 Å². The van der Waals surface area contributed by atoms with Gasteiger partial charge in [-0.25, -0.2) is 18.3 Å². The van der Waals surface area contributed by atoms with E-state index in [2.05, 4.69) is 173 Å². The van der Waals surface area contributed by atoms with Gasteiger partial charge in [0.05, 0.1) is 0 Å². The van der Waals surface area contributed by atoms with Crippen LogP contribution >= 0.6 is 0 Å². The molecule has 0 aliphatic rings. The van der Waals surface area contributed by atoms with Gasteiger partial charge in [-0.15, -0.1) is 0 Å². The standard InChI is InChI=1S/2C24H36N.2C17H22N/c2*1-17-10-11-21(18(2)12-17)22-13-19(14-23(3,4)5)20(16-25(22)9)15-24(6,7)8;2*1-12(2)15-7-9-17(18(5)11-15)16-8-6-13(3)10-14(16)4/h2*10-13,16H,14-15H2,1-9H3;2*6-12H,1-5H3/q4*+1/i1D3,14D2,15D2;;3D3,12D;. The second kappa shape index (κ2) is 29.0. The summed E-state index contributed by atoms with van der Waals surface area (Å²) in [6.07, 6.45) is 6.88. The molecule has 4 aromatic carbocycles. The molecule has 8 aromatic rings. The summed E-state index contributed by atoms with van der Waals surface area (Å²) in [5, 5.41) is 0. The van der Waals surface area contributed by atoms with Gasteiger partial charge in [-0.1, -0.05) is 182 Å². The molecule has 0 amide bonds. The Kier molecular flexibility index (Phi) is 18.5. The van der Waals surface area contributed by atoms with E-state index >= 15 is 0 Å². The van der Waals surface area contributed by atoms with Crippen molar-refractivity contribution in [2.24, 2.45) is 49.9 Å². The van der Waals surface area contributed by atoms with E-state index in [1.165, 1.54) is 61.5 Å². The molecule has 0 saturated carbocycles. The molecular formula is C82H116N4+4. The maximum absolute atomic E-state index is 8.96. The van der Waals surface area contributed by atoms with Crippen molar-refractivity contribution in [3.8, 4) is 45.0 Å². The third-order valence-corrected chi connectivity index (χ3v) is 15.0. The molecular weight excluding hydrogens is 1040 g/mol. The van der Waals surface area contributed by atoms with E-state index in [1.54, 1.807) is 47.2 Å². The van der Waals surface area contributed by atoms with Gasteiger partial charge in [-0.05, 0) is 184 Å². The van der Waals surface area contributed by atoms with Crippen LogP contribution in [0.25, 0.3) is 45.0 Å². The lowest BCUT2D eigenvalue weighted by Gasteiger charge is -2.24. The Morgan fingerprint density at radius 3 is 1.05 bits per heavy atom. The van der Waals surface area contributed by atoms with Crippen LogP contribution in [0, 0.1) is 76.9 Å². The number of rotatable bonds is 10. The number of hydrogen-bond donors (Lipinski definition) is 0. The zero-order valence-corrected chi connectivity index (χ0v) is 58.0. The lowest BCUT2D eigenvalue weighted by Crippen LogP contribution is -2.33. The van der Waals surface area contributed by atoms with Crippen LogP contribution in [0.4, 0.5) is 0 Å². The minimum absolute atomic E-state index is 0.257. The molecule has 0 aliphatic carbocycles. The van der Waals surface area contributed by atoms with Gasteiger partial charge in [0, 0.05) is 83.9 Å². The minimum atomic E-state index is -2.20. The first-order valence-corrected chi connectivity index (χ1v) is 30.9. The first-order valence-electron chi connectivity index (χ1n) is 36.4. The monoisotopic (exact) mass is 1170 g/mol. The zero-order valence-electron chi connectivity index (χ0n) is 69.0. The van der Waals surface area contributed by atoms with E-state index < -0.39 is 43.2 Å². The lowest BCUT2D eigenvalue weighted by molar-refractivity contribution is -0.661. The van der Waals surface area contributed by atoms with E-state index in [1.807, 2.05) is 112 Å². The molecule has 86 heavy (non-hydrogen) atoms. The molecule has 0 aliphatic heterocycles. The number of nitrogens with zero attached hydrogens (tertiary/aromatic N) is 4. The van der Waals surface area contributed by atoms with Gasteiger partial charge in [0.25, 0.3) is 0 Å². The van der Waals surface area contributed by atoms with Crippen LogP contribution in [-0.4, -0.2) is 0 Å². The molecule has 0 spiro atoms. The van der Waals surface area contributed by atoms with Crippen LogP contribution in [0.5, 0.6) is 0 Å². The molecule has 0 radical (unpaired) electrons. The first-order chi connectivity index (χ1) is 44.0. The largest absolute Gasteiger partial charge is 0.212 e. The van der Waals surface area contributed by atoms with Gasteiger partial charge < -0.3 is 0 Å². The SMILES string of the molecule is Cc1ccc(-c2cc(CC(C)(C)C)c(CC(C)(C)C)c[n+]2C)c(C)c1.Cc1ccc(-c2ccc(C(C)C)c[n+]2C)c(C)c1.[2H]C([2H])([2H])c1ccc(-c2cc(C([2H])([2H])C(C)(C)C)c(C([2H])([2H])C(C)(C)C)c[n+]2C)c(C)c1.[2H]C([2H])([2H])c1ccc(-c2ccc(C([2H])(C)C)c[n+]2C)c(C)c1. The van der Waals surface area contributed by atoms with Crippen molar-refractivity contribution in [3.05, 3.63) is 212 Å². The van der Waals surface area contributed by atoms with E-state index in [4.69, 9.17) is 15.1 Å². The smallest absolute Gasteiger partial charge is 0.201 e. The highest BCUT2D eigenvalue weighted by Crippen LogP contribution is 2.34. The van der Waals surface area contributed by atoms with Gasteiger partial charge in [-0.2, -0.15) is 0 Å². The molecule has 4 heteroatoms. The average molecular weight is 1170 g/mol.